The number of nitrogens with zero attached hydrogens (tertiary/aromatic N) is 2. The van der Waals surface area contributed by atoms with E-state index in [9.17, 15) is 9.59 Å². The van der Waals surface area contributed by atoms with Crippen LogP contribution in [0, 0.1) is 0 Å². The lowest BCUT2D eigenvalue weighted by Gasteiger charge is -2.09. The van der Waals surface area contributed by atoms with Crippen LogP contribution >= 0.6 is 0 Å². The van der Waals surface area contributed by atoms with Crippen LogP contribution in [0.15, 0.2) is 111 Å². The van der Waals surface area contributed by atoms with E-state index in [4.69, 9.17) is 18.9 Å². The van der Waals surface area contributed by atoms with Gasteiger partial charge in [-0.25, -0.2) is 18.7 Å². The van der Waals surface area contributed by atoms with E-state index >= 15 is 0 Å². The molecule has 1 heterocycles. The third kappa shape index (κ3) is 11.2. The maximum Gasteiger partial charge on any atom is 0.343 e. The molecular weight excluding hydrogens is 568 g/mol. The Morgan fingerprint density at radius 2 is 1.24 bits per heavy atom. The van der Waals surface area contributed by atoms with Crippen molar-refractivity contribution in [2.24, 2.45) is 0 Å². The van der Waals surface area contributed by atoms with E-state index in [2.05, 4.69) is 23.9 Å². The van der Waals surface area contributed by atoms with Crippen molar-refractivity contribution in [3.63, 3.8) is 0 Å². The van der Waals surface area contributed by atoms with E-state index < -0.39 is 11.9 Å². The average molecular weight is 610 g/mol. The Morgan fingerprint density at radius 3 is 1.84 bits per heavy atom. The summed E-state index contributed by atoms with van der Waals surface area (Å²) in [6.07, 6.45) is 14.9. The summed E-state index contributed by atoms with van der Waals surface area (Å²) in [5.41, 5.74) is 2.47. The van der Waals surface area contributed by atoms with Crippen LogP contribution in [0.3, 0.4) is 0 Å². The number of hydrogen-bond acceptors (Lipinski definition) is 6. The van der Waals surface area contributed by atoms with Crippen LogP contribution in [0.25, 0.3) is 17.3 Å². The topological polar surface area (TPSA) is 79.9 Å². The van der Waals surface area contributed by atoms with E-state index in [-0.39, 0.29) is 0 Å². The lowest BCUT2D eigenvalue weighted by atomic mass is 10.1. The summed E-state index contributed by atoms with van der Waals surface area (Å²) in [5.74, 6) is 1.15. The van der Waals surface area contributed by atoms with Crippen LogP contribution in [0.2, 0.25) is 0 Å². The van der Waals surface area contributed by atoms with Gasteiger partial charge in [0.2, 0.25) is 6.33 Å². The standard InChI is InChI=1S/C37H41N2O6/c1-3-36(40)44-28-10-9-27-43-33-17-11-30(12-18-33)31-13-21-35(22-14-31)45-37(41)32-15-19-34(20-16-32)42-26-8-6-5-7-23-39-25-24-38(4-2)29-39/h3-4,11-22,24-25,29H,1-2,5-10,23,26-28H2/q+1. The first-order chi connectivity index (χ1) is 22.0. The molecule has 4 aromatic rings. The molecule has 0 spiro atoms. The number of imidazole rings is 1. The lowest BCUT2D eigenvalue weighted by molar-refractivity contribution is -0.696. The number of aryl methyl sites for hydroxylation is 1. The van der Waals surface area contributed by atoms with Crippen molar-refractivity contribution < 1.29 is 33.1 Å². The van der Waals surface area contributed by atoms with E-state index in [0.29, 0.717) is 31.1 Å². The number of esters is 2. The fraction of sp³-hybridized carbons (Fsp3) is 0.270. The van der Waals surface area contributed by atoms with Gasteiger partial charge in [-0.2, -0.15) is 0 Å². The first-order valence-corrected chi connectivity index (χ1v) is 15.3. The average Bonchev–Trinajstić information content (AvgIpc) is 3.54. The Bertz CT molecular complexity index is 1510. The summed E-state index contributed by atoms with van der Waals surface area (Å²) >= 11 is 0. The maximum atomic E-state index is 12.7. The third-order valence-electron chi connectivity index (χ3n) is 7.06. The van der Waals surface area contributed by atoms with Crippen LogP contribution in [0.1, 0.15) is 48.9 Å². The monoisotopic (exact) mass is 609 g/mol. The molecule has 8 heteroatoms. The van der Waals surface area contributed by atoms with E-state index in [1.54, 1.807) is 42.6 Å². The van der Waals surface area contributed by atoms with Gasteiger partial charge in [0.1, 0.15) is 29.6 Å². The van der Waals surface area contributed by atoms with Gasteiger partial charge in [-0.3, -0.25) is 0 Å². The predicted molar refractivity (Wildman–Crippen MR) is 174 cm³/mol. The minimum Gasteiger partial charge on any atom is -0.494 e. The molecule has 0 unspecified atom stereocenters. The quantitative estimate of drug-likeness (QED) is 0.0365. The van der Waals surface area contributed by atoms with Crippen LogP contribution in [-0.4, -0.2) is 36.3 Å². The van der Waals surface area contributed by atoms with Crippen molar-refractivity contribution in [3.05, 3.63) is 116 Å². The molecule has 0 atom stereocenters. The number of ether oxygens (including phenoxy) is 4. The first-order valence-electron chi connectivity index (χ1n) is 15.3. The summed E-state index contributed by atoms with van der Waals surface area (Å²) in [6, 6.07) is 22.2. The molecule has 4 rings (SSSR count). The minimum atomic E-state index is -0.420. The van der Waals surface area contributed by atoms with Crippen LogP contribution < -0.4 is 18.8 Å². The molecule has 8 nitrogen and oxygen atoms in total. The smallest absolute Gasteiger partial charge is 0.343 e. The molecule has 3 aromatic carbocycles. The molecule has 0 fully saturated rings. The van der Waals surface area contributed by atoms with Crippen molar-refractivity contribution in [2.75, 3.05) is 19.8 Å². The van der Waals surface area contributed by atoms with Gasteiger partial charge in [0, 0.05) is 6.08 Å². The number of benzene rings is 3. The number of unbranched alkanes of at least 4 members (excludes halogenated alkanes) is 4. The summed E-state index contributed by atoms with van der Waals surface area (Å²) in [6.45, 7) is 9.66. The molecule has 0 saturated carbocycles. The summed E-state index contributed by atoms with van der Waals surface area (Å²) in [4.78, 5) is 23.7. The normalized spacial score (nSPS) is 10.6. The number of carbonyl (C=O) groups is 2. The van der Waals surface area contributed by atoms with Gasteiger partial charge in [0.15, 0.2) is 0 Å². The lowest BCUT2D eigenvalue weighted by Crippen LogP contribution is -2.30. The molecule has 0 bridgehead atoms. The largest absolute Gasteiger partial charge is 0.494 e. The Hall–Kier alpha value is -5.11. The van der Waals surface area contributed by atoms with Gasteiger partial charge in [-0.05, 0) is 98.2 Å². The number of hydrogen-bond donors (Lipinski definition) is 0. The molecular formula is C37H41N2O6+. The Kier molecular flexibility index (Phi) is 13.0. The Labute approximate surface area is 265 Å². The second-order valence-corrected chi connectivity index (χ2v) is 10.4. The molecule has 0 aliphatic heterocycles. The molecule has 0 radical (unpaired) electrons. The van der Waals surface area contributed by atoms with Gasteiger partial charge in [0.05, 0.1) is 38.1 Å². The SMILES string of the molecule is C=CC(=O)OCCCCOc1ccc(-c2ccc(OC(=O)c3ccc(OCCCCCC[n+]4ccn(C=C)c4)cc3)cc2)cc1. The first kappa shape index (κ1) is 32.8. The molecule has 0 saturated heterocycles. The molecule has 0 aliphatic carbocycles. The Morgan fingerprint density at radius 1 is 0.689 bits per heavy atom. The van der Waals surface area contributed by atoms with Crippen molar-refractivity contribution >= 4 is 18.1 Å². The highest BCUT2D eigenvalue weighted by Crippen LogP contribution is 2.25. The fourth-order valence-electron chi connectivity index (χ4n) is 4.53. The van der Waals surface area contributed by atoms with Crippen LogP contribution in [-0.2, 0) is 16.1 Å². The summed E-state index contributed by atoms with van der Waals surface area (Å²) in [5, 5.41) is 0. The minimum absolute atomic E-state index is 0.356. The second kappa shape index (κ2) is 17.9. The van der Waals surface area contributed by atoms with Crippen molar-refractivity contribution in [1.82, 2.24) is 4.57 Å². The van der Waals surface area contributed by atoms with Gasteiger partial charge < -0.3 is 18.9 Å². The zero-order chi connectivity index (χ0) is 31.7. The molecule has 45 heavy (non-hydrogen) atoms. The number of aromatic nitrogens is 2. The van der Waals surface area contributed by atoms with Crippen molar-refractivity contribution in [2.45, 2.75) is 45.1 Å². The number of rotatable bonds is 19. The van der Waals surface area contributed by atoms with Crippen LogP contribution in [0.5, 0.6) is 17.2 Å². The fourth-order valence-corrected chi connectivity index (χ4v) is 4.53. The number of carbonyl (C=O) groups excluding carboxylic acids is 2. The van der Waals surface area contributed by atoms with Crippen LogP contribution in [0.4, 0.5) is 0 Å². The maximum absolute atomic E-state index is 12.7. The molecule has 234 valence electrons. The third-order valence-corrected chi connectivity index (χ3v) is 7.06. The highest BCUT2D eigenvalue weighted by Gasteiger charge is 2.10. The highest BCUT2D eigenvalue weighted by atomic mass is 16.5. The zero-order valence-corrected chi connectivity index (χ0v) is 25.6. The van der Waals surface area contributed by atoms with Gasteiger partial charge in [-0.1, -0.05) is 37.4 Å². The highest BCUT2D eigenvalue weighted by molar-refractivity contribution is 5.91. The van der Waals surface area contributed by atoms with Gasteiger partial charge in [-0.15, -0.1) is 0 Å². The van der Waals surface area contributed by atoms with Gasteiger partial charge >= 0.3 is 11.9 Å². The zero-order valence-electron chi connectivity index (χ0n) is 25.6. The predicted octanol–water partition coefficient (Wildman–Crippen LogP) is 7.29. The molecule has 1 aromatic heterocycles. The van der Waals surface area contributed by atoms with Gasteiger partial charge in [0.25, 0.3) is 0 Å². The molecule has 0 aliphatic rings. The van der Waals surface area contributed by atoms with E-state index in [1.165, 1.54) is 0 Å². The molecule has 0 N–H and O–H groups in total. The van der Waals surface area contributed by atoms with E-state index in [1.807, 2.05) is 53.5 Å². The van der Waals surface area contributed by atoms with Crippen molar-refractivity contribution in [1.29, 1.82) is 0 Å². The second-order valence-electron chi connectivity index (χ2n) is 10.4. The summed E-state index contributed by atoms with van der Waals surface area (Å²) < 4.78 is 26.3. The molecule has 0 amide bonds. The van der Waals surface area contributed by atoms with E-state index in [0.717, 1.165) is 73.8 Å². The van der Waals surface area contributed by atoms with Crippen molar-refractivity contribution in [3.8, 4) is 28.4 Å². The summed E-state index contributed by atoms with van der Waals surface area (Å²) in [7, 11) is 0. The Balaban J connectivity index is 1.12.